The molecule has 0 radical (unpaired) electrons. The molecule has 2 aliphatic rings. The molecule has 0 aliphatic carbocycles. The number of carbonyl (C=O) groups excluding carboxylic acids is 3. The SMILES string of the molecule is CC(C)(C)OC(=O)N1CCC(Oc2c(F)cccc2-n2c(N)c3c(cc2=O)C(=O)NC3=O)CC1. The molecule has 0 unspecified atom stereocenters. The summed E-state index contributed by atoms with van der Waals surface area (Å²) in [6.45, 7) is 6.06. The van der Waals surface area contributed by atoms with Gasteiger partial charge in [-0.1, -0.05) is 6.07 Å². The number of nitrogen functional groups attached to an aromatic ring is 1. The first-order valence-corrected chi connectivity index (χ1v) is 10.8. The van der Waals surface area contributed by atoms with Crippen molar-refractivity contribution in [2.24, 2.45) is 0 Å². The van der Waals surface area contributed by atoms with E-state index in [2.05, 4.69) is 5.32 Å². The van der Waals surface area contributed by atoms with Crippen molar-refractivity contribution in [1.29, 1.82) is 0 Å². The van der Waals surface area contributed by atoms with Gasteiger partial charge in [0, 0.05) is 32.0 Å². The van der Waals surface area contributed by atoms with Crippen LogP contribution < -0.4 is 21.3 Å². The zero-order valence-corrected chi connectivity index (χ0v) is 19.0. The molecular formula is C23H25FN4O6. The molecule has 11 heteroatoms. The lowest BCUT2D eigenvalue weighted by molar-refractivity contribution is 0.0123. The van der Waals surface area contributed by atoms with Crippen molar-refractivity contribution in [3.63, 3.8) is 0 Å². The number of para-hydroxylation sites is 1. The van der Waals surface area contributed by atoms with E-state index in [1.165, 1.54) is 18.2 Å². The summed E-state index contributed by atoms with van der Waals surface area (Å²) in [4.78, 5) is 50.7. The molecule has 1 aromatic heterocycles. The molecule has 2 aromatic rings. The summed E-state index contributed by atoms with van der Waals surface area (Å²) in [5.41, 5.74) is 4.49. The predicted octanol–water partition coefficient (Wildman–Crippen LogP) is 2.22. The third-order valence-electron chi connectivity index (χ3n) is 5.52. The number of nitrogens with two attached hydrogens (primary N) is 1. The Bertz CT molecular complexity index is 1240. The van der Waals surface area contributed by atoms with Crippen molar-refractivity contribution in [2.75, 3.05) is 18.8 Å². The zero-order chi connectivity index (χ0) is 24.8. The molecular weight excluding hydrogens is 447 g/mol. The number of hydrogen-bond acceptors (Lipinski definition) is 7. The maximum Gasteiger partial charge on any atom is 0.410 e. The number of fused-ring (bicyclic) bond motifs is 1. The van der Waals surface area contributed by atoms with Crippen LogP contribution in [-0.4, -0.2) is 52.2 Å². The van der Waals surface area contributed by atoms with Gasteiger partial charge in [0.2, 0.25) is 0 Å². The number of ether oxygens (including phenoxy) is 2. The number of pyridine rings is 1. The Kier molecular flexibility index (Phi) is 5.80. The monoisotopic (exact) mass is 472 g/mol. The van der Waals surface area contributed by atoms with Crippen LogP contribution in [0, 0.1) is 5.82 Å². The molecule has 0 spiro atoms. The fourth-order valence-electron chi connectivity index (χ4n) is 3.97. The number of aromatic nitrogens is 1. The van der Waals surface area contributed by atoms with Gasteiger partial charge in [-0.05, 0) is 32.9 Å². The van der Waals surface area contributed by atoms with Gasteiger partial charge in [-0.25, -0.2) is 9.18 Å². The largest absolute Gasteiger partial charge is 0.485 e. The molecule has 0 atom stereocenters. The van der Waals surface area contributed by atoms with Gasteiger partial charge in [-0.3, -0.25) is 24.3 Å². The number of benzene rings is 1. The number of nitrogens with one attached hydrogen (secondary N) is 1. The molecule has 2 aliphatic heterocycles. The van der Waals surface area contributed by atoms with E-state index >= 15 is 0 Å². The molecule has 34 heavy (non-hydrogen) atoms. The number of anilines is 1. The van der Waals surface area contributed by atoms with Crippen molar-refractivity contribution >= 4 is 23.7 Å². The summed E-state index contributed by atoms with van der Waals surface area (Å²) < 4.78 is 27.1. The van der Waals surface area contributed by atoms with Crippen LogP contribution >= 0.6 is 0 Å². The molecule has 0 saturated carbocycles. The van der Waals surface area contributed by atoms with Crippen LogP contribution in [0.4, 0.5) is 15.0 Å². The Balaban J connectivity index is 1.60. The van der Waals surface area contributed by atoms with Crippen LogP contribution in [0.25, 0.3) is 5.69 Å². The van der Waals surface area contributed by atoms with Crippen molar-refractivity contribution < 1.29 is 28.2 Å². The molecule has 0 bridgehead atoms. The van der Waals surface area contributed by atoms with E-state index in [0.717, 1.165) is 10.6 Å². The van der Waals surface area contributed by atoms with Gasteiger partial charge < -0.3 is 20.1 Å². The lowest BCUT2D eigenvalue weighted by Gasteiger charge is -2.33. The average molecular weight is 472 g/mol. The normalized spacial score (nSPS) is 16.3. The highest BCUT2D eigenvalue weighted by Crippen LogP contribution is 2.32. The Morgan fingerprint density at radius 3 is 2.47 bits per heavy atom. The minimum absolute atomic E-state index is 0.00650. The number of likely N-dealkylation sites (tertiary alicyclic amines) is 1. The number of amides is 3. The third kappa shape index (κ3) is 4.33. The molecule has 3 amide bonds. The maximum absolute atomic E-state index is 14.9. The Hall–Kier alpha value is -3.89. The van der Waals surface area contributed by atoms with Gasteiger partial charge in [0.1, 0.15) is 17.5 Å². The van der Waals surface area contributed by atoms with Gasteiger partial charge in [-0.2, -0.15) is 0 Å². The van der Waals surface area contributed by atoms with Crippen molar-refractivity contribution in [3.8, 4) is 11.4 Å². The average Bonchev–Trinajstić information content (AvgIpc) is 3.02. The van der Waals surface area contributed by atoms with Gasteiger partial charge in [0.15, 0.2) is 11.6 Å². The van der Waals surface area contributed by atoms with Gasteiger partial charge in [-0.15, -0.1) is 0 Å². The fourth-order valence-corrected chi connectivity index (χ4v) is 3.97. The van der Waals surface area contributed by atoms with E-state index in [1.54, 1.807) is 25.7 Å². The van der Waals surface area contributed by atoms with Crippen LogP contribution in [-0.2, 0) is 4.74 Å². The molecule has 180 valence electrons. The second-order valence-electron chi connectivity index (χ2n) is 9.15. The van der Waals surface area contributed by atoms with E-state index in [4.69, 9.17) is 15.2 Å². The smallest absolute Gasteiger partial charge is 0.410 e. The number of piperidine rings is 1. The second kappa shape index (κ2) is 8.47. The quantitative estimate of drug-likeness (QED) is 0.655. The minimum atomic E-state index is -0.736. The Morgan fingerprint density at radius 2 is 1.82 bits per heavy atom. The molecule has 3 N–H and O–H groups in total. The number of halogens is 1. The summed E-state index contributed by atoms with van der Waals surface area (Å²) in [5, 5.41) is 2.09. The summed E-state index contributed by atoms with van der Waals surface area (Å²) >= 11 is 0. The van der Waals surface area contributed by atoms with Crippen molar-refractivity contribution in [2.45, 2.75) is 45.3 Å². The van der Waals surface area contributed by atoms with E-state index in [0.29, 0.717) is 25.9 Å². The first-order valence-electron chi connectivity index (χ1n) is 10.8. The highest BCUT2D eigenvalue weighted by Gasteiger charge is 2.33. The lowest BCUT2D eigenvalue weighted by atomic mass is 10.1. The van der Waals surface area contributed by atoms with E-state index in [9.17, 15) is 23.6 Å². The maximum atomic E-state index is 14.9. The van der Waals surface area contributed by atoms with E-state index in [-0.39, 0.29) is 28.4 Å². The third-order valence-corrected chi connectivity index (χ3v) is 5.52. The molecule has 1 aromatic carbocycles. The van der Waals surface area contributed by atoms with Gasteiger partial charge in [0.25, 0.3) is 17.4 Å². The summed E-state index contributed by atoms with van der Waals surface area (Å²) in [6, 6.07) is 4.99. The van der Waals surface area contributed by atoms with Gasteiger partial charge in [0.05, 0.1) is 16.8 Å². The zero-order valence-electron chi connectivity index (χ0n) is 19.0. The Labute approximate surface area is 194 Å². The molecule has 10 nitrogen and oxygen atoms in total. The second-order valence-corrected chi connectivity index (χ2v) is 9.15. The molecule has 1 saturated heterocycles. The van der Waals surface area contributed by atoms with Crippen molar-refractivity contribution in [3.05, 3.63) is 51.6 Å². The lowest BCUT2D eigenvalue weighted by Crippen LogP contribution is -2.44. The van der Waals surface area contributed by atoms with Crippen LogP contribution in [0.3, 0.4) is 0 Å². The summed E-state index contributed by atoms with van der Waals surface area (Å²) in [7, 11) is 0. The first kappa shape index (κ1) is 23.3. The number of nitrogens with zero attached hydrogens (tertiary/aromatic N) is 2. The number of hydrogen-bond donors (Lipinski definition) is 2. The van der Waals surface area contributed by atoms with E-state index < -0.39 is 41.0 Å². The Morgan fingerprint density at radius 1 is 1.15 bits per heavy atom. The number of rotatable bonds is 3. The summed E-state index contributed by atoms with van der Waals surface area (Å²) in [5.74, 6) is -2.68. The van der Waals surface area contributed by atoms with Crippen LogP contribution in [0.15, 0.2) is 29.1 Å². The van der Waals surface area contributed by atoms with Crippen LogP contribution in [0.1, 0.15) is 54.3 Å². The minimum Gasteiger partial charge on any atom is -0.485 e. The highest BCUT2D eigenvalue weighted by atomic mass is 19.1. The predicted molar refractivity (Wildman–Crippen MR) is 120 cm³/mol. The van der Waals surface area contributed by atoms with Crippen LogP contribution in [0.5, 0.6) is 5.75 Å². The number of imide groups is 1. The van der Waals surface area contributed by atoms with Gasteiger partial charge >= 0.3 is 6.09 Å². The number of carbonyl (C=O) groups is 3. The standard InChI is InChI=1S/C23H25FN4O6/c1-23(2,3)34-22(32)27-9-7-12(8-10-27)33-18-14(24)5-4-6-15(18)28-16(29)11-13-17(19(28)25)21(31)26-20(13)30/h4-6,11-12H,7-10,25H2,1-3H3,(H,26,30,31). The van der Waals surface area contributed by atoms with Crippen LogP contribution in [0.2, 0.25) is 0 Å². The first-order chi connectivity index (χ1) is 16.0. The fraction of sp³-hybridized carbons (Fsp3) is 0.391. The molecule has 1 fully saturated rings. The van der Waals surface area contributed by atoms with E-state index in [1.807, 2.05) is 0 Å². The molecule has 3 heterocycles. The summed E-state index contributed by atoms with van der Waals surface area (Å²) in [6.07, 6.45) is -0.0369. The topological polar surface area (TPSA) is 133 Å². The van der Waals surface area contributed by atoms with Crippen molar-refractivity contribution in [1.82, 2.24) is 14.8 Å². The molecule has 4 rings (SSSR count). The highest BCUT2D eigenvalue weighted by molar-refractivity contribution is 6.23.